The number of hydrogen-bond acceptors (Lipinski definition) is 7. The second-order valence-corrected chi connectivity index (χ2v) is 8.20. The molecule has 35 heavy (non-hydrogen) atoms. The van der Waals surface area contributed by atoms with Crippen LogP contribution >= 0.6 is 0 Å². The average molecular weight is 489 g/mol. The Kier molecular flexibility index (Phi) is 13.2. The van der Waals surface area contributed by atoms with Crippen molar-refractivity contribution in [3.63, 3.8) is 0 Å². The van der Waals surface area contributed by atoms with Crippen LogP contribution < -0.4 is 10.6 Å². The van der Waals surface area contributed by atoms with Crippen LogP contribution in [0.4, 0.5) is 9.59 Å². The number of alkyl carbamates (subject to hydrolysis) is 2. The molecule has 2 amide bonds. The third kappa shape index (κ3) is 11.7. The summed E-state index contributed by atoms with van der Waals surface area (Å²) in [4.78, 5) is 24.6. The van der Waals surface area contributed by atoms with E-state index in [0.29, 0.717) is 25.7 Å². The van der Waals surface area contributed by atoms with Crippen LogP contribution in [-0.2, 0) is 22.3 Å². The minimum atomic E-state index is -1.01. The molecular weight excluding hydrogens is 452 g/mol. The van der Waals surface area contributed by atoms with Gasteiger partial charge in [0.05, 0.1) is 25.4 Å². The molecular formula is C26H36N2O7. The van der Waals surface area contributed by atoms with E-state index in [1.165, 1.54) is 0 Å². The molecule has 0 aromatic heterocycles. The van der Waals surface area contributed by atoms with Crippen molar-refractivity contribution >= 4 is 12.2 Å². The van der Waals surface area contributed by atoms with E-state index < -0.39 is 30.4 Å². The van der Waals surface area contributed by atoms with Gasteiger partial charge in [0.1, 0.15) is 0 Å². The van der Waals surface area contributed by atoms with Gasteiger partial charge in [0.25, 0.3) is 0 Å². The van der Waals surface area contributed by atoms with Crippen LogP contribution in [0.3, 0.4) is 0 Å². The maximum atomic E-state index is 12.3. The first-order valence-corrected chi connectivity index (χ1v) is 11.9. The molecule has 9 heteroatoms. The molecule has 3 atom stereocenters. The van der Waals surface area contributed by atoms with E-state index >= 15 is 0 Å². The lowest BCUT2D eigenvalue weighted by Crippen LogP contribution is -2.49. The van der Waals surface area contributed by atoms with Gasteiger partial charge in [-0.3, -0.25) is 0 Å². The number of amides is 2. The molecule has 0 bridgehead atoms. The molecule has 5 N–H and O–H groups in total. The van der Waals surface area contributed by atoms with Crippen LogP contribution in [0.25, 0.3) is 0 Å². The first-order valence-electron chi connectivity index (χ1n) is 11.9. The highest BCUT2D eigenvalue weighted by Crippen LogP contribution is 2.14. The van der Waals surface area contributed by atoms with E-state index in [1.54, 1.807) is 0 Å². The van der Waals surface area contributed by atoms with Crippen molar-refractivity contribution in [3.05, 3.63) is 71.8 Å². The second kappa shape index (κ2) is 16.5. The van der Waals surface area contributed by atoms with Gasteiger partial charge in [-0.1, -0.05) is 60.7 Å². The largest absolute Gasteiger partial charge is 0.449 e. The van der Waals surface area contributed by atoms with Gasteiger partial charge in [-0.25, -0.2) is 9.59 Å². The molecule has 0 spiro atoms. The van der Waals surface area contributed by atoms with Gasteiger partial charge in [0, 0.05) is 32.1 Å². The van der Waals surface area contributed by atoms with Gasteiger partial charge in [-0.05, 0) is 30.4 Å². The molecule has 2 aromatic rings. The lowest BCUT2D eigenvalue weighted by Gasteiger charge is -2.28. The van der Waals surface area contributed by atoms with E-state index in [0.717, 1.165) is 11.1 Å². The molecule has 0 aliphatic rings. The standard InChI is InChI=1S/C26H36N2O7/c29-13-7-15-34-25(32)27-22(17-20-9-3-1-4-10-20)19-24(31)23(18-21-11-5-2-6-12-21)28-26(33)35-16-8-14-30/h1-6,9-12,22-24,29-31H,7-8,13-19H2,(H,27,32)(H,28,33)/t22-,23-,24-/m0/s1. The first kappa shape index (κ1) is 28.1. The summed E-state index contributed by atoms with van der Waals surface area (Å²) >= 11 is 0. The lowest BCUT2D eigenvalue weighted by molar-refractivity contribution is 0.0860. The Morgan fingerprint density at radius 1 is 0.743 bits per heavy atom. The number of aliphatic hydroxyl groups is 3. The predicted octanol–water partition coefficient (Wildman–Crippen LogP) is 2.18. The highest BCUT2D eigenvalue weighted by molar-refractivity contribution is 5.68. The molecule has 192 valence electrons. The normalized spacial score (nSPS) is 13.3. The van der Waals surface area contributed by atoms with Crippen molar-refractivity contribution in [1.82, 2.24) is 10.6 Å². The van der Waals surface area contributed by atoms with Gasteiger partial charge in [0.2, 0.25) is 0 Å². The van der Waals surface area contributed by atoms with Crippen LogP contribution in [0.15, 0.2) is 60.7 Å². The quantitative estimate of drug-likeness (QED) is 0.242. The fourth-order valence-electron chi connectivity index (χ4n) is 3.56. The van der Waals surface area contributed by atoms with Crippen molar-refractivity contribution in [2.24, 2.45) is 0 Å². The van der Waals surface area contributed by atoms with Crippen molar-refractivity contribution in [2.45, 2.75) is 50.3 Å². The SMILES string of the molecule is O=C(N[C@@H](Cc1ccccc1)C[C@H](O)[C@H](Cc1ccccc1)NC(=O)OCCCO)OCCCO. The van der Waals surface area contributed by atoms with Gasteiger partial charge >= 0.3 is 12.2 Å². The molecule has 0 unspecified atom stereocenters. The minimum Gasteiger partial charge on any atom is -0.449 e. The lowest BCUT2D eigenvalue weighted by atomic mass is 9.94. The first-order chi connectivity index (χ1) is 17.0. The van der Waals surface area contributed by atoms with E-state index in [4.69, 9.17) is 19.7 Å². The fourth-order valence-corrected chi connectivity index (χ4v) is 3.56. The molecule has 2 aromatic carbocycles. The summed E-state index contributed by atoms with van der Waals surface area (Å²) < 4.78 is 10.2. The number of ether oxygens (including phenoxy) is 2. The molecule has 0 saturated heterocycles. The summed E-state index contributed by atoms with van der Waals surface area (Å²) in [6.45, 7) is -0.0273. The zero-order chi connectivity index (χ0) is 25.3. The van der Waals surface area contributed by atoms with E-state index in [1.807, 2.05) is 60.7 Å². The summed E-state index contributed by atoms with van der Waals surface area (Å²) in [5.74, 6) is 0. The summed E-state index contributed by atoms with van der Waals surface area (Å²) in [5.41, 5.74) is 1.89. The molecule has 0 radical (unpaired) electrons. The smallest absolute Gasteiger partial charge is 0.407 e. The maximum absolute atomic E-state index is 12.3. The predicted molar refractivity (Wildman–Crippen MR) is 131 cm³/mol. The van der Waals surface area contributed by atoms with Crippen LogP contribution in [0.2, 0.25) is 0 Å². The molecule has 0 saturated carbocycles. The van der Waals surface area contributed by atoms with E-state index in [9.17, 15) is 14.7 Å². The monoisotopic (exact) mass is 488 g/mol. The van der Waals surface area contributed by atoms with Crippen LogP contribution in [0.5, 0.6) is 0 Å². The Labute approximate surface area is 206 Å². The fraction of sp³-hybridized carbons (Fsp3) is 0.462. The van der Waals surface area contributed by atoms with Gasteiger partial charge in [-0.15, -0.1) is 0 Å². The van der Waals surface area contributed by atoms with Crippen molar-refractivity contribution in [2.75, 3.05) is 26.4 Å². The molecule has 0 heterocycles. The van der Waals surface area contributed by atoms with E-state index in [-0.39, 0.29) is 32.8 Å². The third-order valence-electron chi connectivity index (χ3n) is 5.31. The Balaban J connectivity index is 2.10. The minimum absolute atomic E-state index is 0.0638. The summed E-state index contributed by atoms with van der Waals surface area (Å²) in [6, 6.07) is 17.8. The highest BCUT2D eigenvalue weighted by atomic mass is 16.6. The average Bonchev–Trinajstić information content (AvgIpc) is 2.85. The summed E-state index contributed by atoms with van der Waals surface area (Å²) in [6.07, 6.45) is -0.716. The van der Waals surface area contributed by atoms with Gasteiger partial charge < -0.3 is 35.4 Å². The Morgan fingerprint density at radius 2 is 1.23 bits per heavy atom. The molecule has 9 nitrogen and oxygen atoms in total. The topological polar surface area (TPSA) is 137 Å². The van der Waals surface area contributed by atoms with Crippen LogP contribution in [0, 0.1) is 0 Å². The number of benzene rings is 2. The Bertz CT molecular complexity index is 851. The zero-order valence-corrected chi connectivity index (χ0v) is 19.8. The highest BCUT2D eigenvalue weighted by Gasteiger charge is 2.27. The number of rotatable bonds is 15. The number of carbonyl (C=O) groups is 2. The number of carbonyl (C=O) groups excluding carboxylic acids is 2. The maximum Gasteiger partial charge on any atom is 0.407 e. The van der Waals surface area contributed by atoms with Crippen molar-refractivity contribution in [3.8, 4) is 0 Å². The van der Waals surface area contributed by atoms with Gasteiger partial charge in [0.15, 0.2) is 0 Å². The molecule has 0 fully saturated rings. The van der Waals surface area contributed by atoms with Gasteiger partial charge in [-0.2, -0.15) is 0 Å². The summed E-state index contributed by atoms with van der Waals surface area (Å²) in [7, 11) is 0. The second-order valence-electron chi connectivity index (χ2n) is 8.20. The van der Waals surface area contributed by atoms with Crippen LogP contribution in [0.1, 0.15) is 30.4 Å². The van der Waals surface area contributed by atoms with Crippen molar-refractivity contribution in [1.29, 1.82) is 0 Å². The molecule has 0 aliphatic heterocycles. The molecule has 2 rings (SSSR count). The van der Waals surface area contributed by atoms with Crippen LogP contribution in [-0.4, -0.2) is 72.1 Å². The third-order valence-corrected chi connectivity index (χ3v) is 5.31. The summed E-state index contributed by atoms with van der Waals surface area (Å²) in [5, 5.41) is 34.4. The Morgan fingerprint density at radius 3 is 1.74 bits per heavy atom. The van der Waals surface area contributed by atoms with E-state index in [2.05, 4.69) is 10.6 Å². The number of nitrogens with one attached hydrogen (secondary N) is 2. The zero-order valence-electron chi connectivity index (χ0n) is 19.8. The molecule has 0 aliphatic carbocycles. The Hall–Kier alpha value is -3.14. The number of hydrogen-bond donors (Lipinski definition) is 5. The van der Waals surface area contributed by atoms with Crippen molar-refractivity contribution < 1.29 is 34.4 Å². The number of aliphatic hydroxyl groups excluding tert-OH is 3.